The van der Waals surface area contributed by atoms with Gasteiger partial charge >= 0.3 is 0 Å². The Hall–Kier alpha value is -2.02. The van der Waals surface area contributed by atoms with Crippen molar-refractivity contribution in [2.75, 3.05) is 13.1 Å². The molecule has 0 saturated heterocycles. The molecule has 1 atom stereocenters. The molecule has 0 radical (unpaired) electrons. The van der Waals surface area contributed by atoms with Gasteiger partial charge in [0.25, 0.3) is 0 Å². The number of aromatic nitrogens is 3. The first-order valence-electron chi connectivity index (χ1n) is 8.68. The lowest BCUT2D eigenvalue weighted by molar-refractivity contribution is 0.213. The van der Waals surface area contributed by atoms with Gasteiger partial charge in [0, 0.05) is 38.0 Å². The molecular weight excluding hydrogens is 332 g/mol. The molecule has 1 N–H and O–H groups in total. The third-order valence-electron chi connectivity index (χ3n) is 4.68. The zero-order valence-electron chi connectivity index (χ0n) is 14.1. The van der Waals surface area contributed by atoms with E-state index in [1.807, 2.05) is 35.8 Å². The van der Waals surface area contributed by atoms with Crippen LogP contribution in [0.1, 0.15) is 35.2 Å². The second-order valence-electron chi connectivity index (χ2n) is 6.46. The molecular formula is C19H22N4OS. The summed E-state index contributed by atoms with van der Waals surface area (Å²) in [5.74, 6) is 0. The van der Waals surface area contributed by atoms with Crippen LogP contribution in [0.25, 0.3) is 0 Å². The number of aliphatic hydroxyl groups is 1. The van der Waals surface area contributed by atoms with E-state index in [1.54, 1.807) is 11.3 Å². The largest absolute Gasteiger partial charge is 0.382 e. The average Bonchev–Trinajstić information content (AvgIpc) is 3.26. The Balaban J connectivity index is 1.47. The van der Waals surface area contributed by atoms with Gasteiger partial charge in [0.05, 0.1) is 22.6 Å². The van der Waals surface area contributed by atoms with E-state index in [9.17, 15) is 5.11 Å². The highest BCUT2D eigenvalue weighted by atomic mass is 32.1. The van der Waals surface area contributed by atoms with Gasteiger partial charge in [0.1, 0.15) is 6.10 Å². The molecule has 2 aromatic heterocycles. The van der Waals surface area contributed by atoms with E-state index in [2.05, 4.69) is 31.1 Å². The van der Waals surface area contributed by atoms with Gasteiger partial charge in [-0.25, -0.2) is 4.98 Å². The van der Waals surface area contributed by atoms with Crippen LogP contribution in [0, 0.1) is 0 Å². The molecule has 0 spiro atoms. The fraction of sp³-hybridized carbons (Fsp3) is 0.368. The van der Waals surface area contributed by atoms with E-state index in [0.29, 0.717) is 0 Å². The zero-order chi connectivity index (χ0) is 17.1. The normalized spacial score (nSPS) is 16.4. The van der Waals surface area contributed by atoms with Crippen LogP contribution in [0.4, 0.5) is 0 Å². The predicted octanol–water partition coefficient (Wildman–Crippen LogP) is 2.87. The minimum absolute atomic E-state index is 0.663. The van der Waals surface area contributed by atoms with E-state index in [0.717, 1.165) is 50.3 Å². The third-order valence-corrected chi connectivity index (χ3v) is 5.31. The number of aliphatic hydroxyl groups excluding tert-OH is 1. The fourth-order valence-corrected chi connectivity index (χ4v) is 3.91. The van der Waals surface area contributed by atoms with Crippen LogP contribution in [0.15, 0.2) is 47.3 Å². The standard InChI is InChI=1S/C19H22N4OS/c24-19(15-5-2-1-3-6-15)18-11-17-12-22(8-4-9-23(17)21-18)10-7-16-13-25-14-20-16/h1-3,5-6,11,13-14,19,24H,4,7-10,12H2/t19-/m1/s1. The maximum absolute atomic E-state index is 10.6. The summed E-state index contributed by atoms with van der Waals surface area (Å²) in [6, 6.07) is 11.8. The first-order valence-corrected chi connectivity index (χ1v) is 9.63. The van der Waals surface area contributed by atoms with Crippen LogP contribution in [0.2, 0.25) is 0 Å². The van der Waals surface area contributed by atoms with Gasteiger partial charge in [0.2, 0.25) is 0 Å². The van der Waals surface area contributed by atoms with Crippen molar-refractivity contribution >= 4 is 11.3 Å². The van der Waals surface area contributed by atoms with Crippen LogP contribution >= 0.6 is 11.3 Å². The Morgan fingerprint density at radius 1 is 1.20 bits per heavy atom. The lowest BCUT2D eigenvalue weighted by atomic mass is 10.1. The third kappa shape index (κ3) is 3.81. The highest BCUT2D eigenvalue weighted by Crippen LogP contribution is 2.23. The van der Waals surface area contributed by atoms with E-state index in [1.165, 1.54) is 11.4 Å². The summed E-state index contributed by atoms with van der Waals surface area (Å²) in [6.45, 7) is 3.86. The van der Waals surface area contributed by atoms with Crippen molar-refractivity contribution < 1.29 is 5.11 Å². The predicted molar refractivity (Wildman–Crippen MR) is 98.4 cm³/mol. The second kappa shape index (κ2) is 7.47. The molecule has 0 aliphatic carbocycles. The summed E-state index contributed by atoms with van der Waals surface area (Å²) in [5, 5.41) is 17.4. The molecule has 4 rings (SSSR count). The van der Waals surface area contributed by atoms with Crippen molar-refractivity contribution in [3.63, 3.8) is 0 Å². The Labute approximate surface area is 151 Å². The first kappa shape index (κ1) is 16.4. The second-order valence-corrected chi connectivity index (χ2v) is 7.18. The van der Waals surface area contributed by atoms with Gasteiger partial charge in [-0.3, -0.25) is 9.58 Å². The monoisotopic (exact) mass is 354 g/mol. The zero-order valence-corrected chi connectivity index (χ0v) is 14.9. The summed E-state index contributed by atoms with van der Waals surface area (Å²) >= 11 is 1.65. The van der Waals surface area contributed by atoms with Crippen molar-refractivity contribution in [3.8, 4) is 0 Å². The number of hydrogen-bond acceptors (Lipinski definition) is 5. The van der Waals surface area contributed by atoms with Gasteiger partial charge in [-0.15, -0.1) is 11.3 Å². The number of rotatable bonds is 5. The topological polar surface area (TPSA) is 54.2 Å². The summed E-state index contributed by atoms with van der Waals surface area (Å²) in [7, 11) is 0. The van der Waals surface area contributed by atoms with Crippen LogP contribution < -0.4 is 0 Å². The molecule has 1 aromatic carbocycles. The number of aryl methyl sites for hydroxylation is 1. The Bertz CT molecular complexity index is 800. The maximum atomic E-state index is 10.6. The van der Waals surface area contributed by atoms with Crippen LogP contribution in [0.3, 0.4) is 0 Å². The summed E-state index contributed by atoms with van der Waals surface area (Å²) in [5.41, 5.74) is 5.87. The SMILES string of the molecule is O[C@H](c1ccccc1)c1cc2n(n1)CCCN(CCc1cscn1)C2. The number of benzene rings is 1. The van der Waals surface area contributed by atoms with E-state index < -0.39 is 6.10 Å². The number of thiazole rings is 1. The van der Waals surface area contributed by atoms with Crippen molar-refractivity contribution in [2.24, 2.45) is 0 Å². The molecule has 3 heterocycles. The molecule has 0 fully saturated rings. The minimum atomic E-state index is -0.663. The van der Waals surface area contributed by atoms with Gasteiger partial charge in [-0.1, -0.05) is 30.3 Å². The molecule has 6 heteroatoms. The van der Waals surface area contributed by atoms with Crippen LogP contribution in [-0.2, 0) is 19.5 Å². The molecule has 1 aliphatic heterocycles. The number of hydrogen-bond donors (Lipinski definition) is 1. The lowest BCUT2D eigenvalue weighted by Gasteiger charge is -2.18. The number of nitrogens with zero attached hydrogens (tertiary/aromatic N) is 4. The van der Waals surface area contributed by atoms with E-state index >= 15 is 0 Å². The molecule has 130 valence electrons. The maximum Gasteiger partial charge on any atom is 0.123 e. The molecule has 3 aromatic rings. The smallest absolute Gasteiger partial charge is 0.123 e. The van der Waals surface area contributed by atoms with Crippen LogP contribution in [-0.4, -0.2) is 37.9 Å². The molecule has 1 aliphatic rings. The summed E-state index contributed by atoms with van der Waals surface area (Å²) in [4.78, 5) is 6.83. The van der Waals surface area contributed by atoms with Crippen LogP contribution in [0.5, 0.6) is 0 Å². The van der Waals surface area contributed by atoms with Crippen molar-refractivity contribution in [3.05, 3.63) is 69.9 Å². The van der Waals surface area contributed by atoms with Crippen molar-refractivity contribution in [1.82, 2.24) is 19.7 Å². The summed E-state index contributed by atoms with van der Waals surface area (Å²) < 4.78 is 2.06. The minimum Gasteiger partial charge on any atom is -0.382 e. The van der Waals surface area contributed by atoms with Gasteiger partial charge in [-0.2, -0.15) is 5.10 Å². The number of fused-ring (bicyclic) bond motifs is 1. The van der Waals surface area contributed by atoms with Crippen molar-refractivity contribution in [2.45, 2.75) is 32.0 Å². The Morgan fingerprint density at radius 3 is 2.88 bits per heavy atom. The van der Waals surface area contributed by atoms with E-state index in [4.69, 9.17) is 0 Å². The fourth-order valence-electron chi connectivity index (χ4n) is 3.32. The van der Waals surface area contributed by atoms with Crippen molar-refractivity contribution in [1.29, 1.82) is 0 Å². The quantitative estimate of drug-likeness (QED) is 0.765. The van der Waals surface area contributed by atoms with Gasteiger partial charge < -0.3 is 5.11 Å². The van der Waals surface area contributed by atoms with Gasteiger partial charge in [-0.05, 0) is 18.1 Å². The van der Waals surface area contributed by atoms with E-state index in [-0.39, 0.29) is 0 Å². The Kier molecular flexibility index (Phi) is 4.92. The molecule has 0 saturated carbocycles. The molecule has 0 bridgehead atoms. The average molecular weight is 354 g/mol. The molecule has 0 unspecified atom stereocenters. The molecule has 0 amide bonds. The molecule has 25 heavy (non-hydrogen) atoms. The molecule has 5 nitrogen and oxygen atoms in total. The lowest BCUT2D eigenvalue weighted by Crippen LogP contribution is -2.25. The summed E-state index contributed by atoms with van der Waals surface area (Å²) in [6.07, 6.45) is 1.40. The van der Waals surface area contributed by atoms with Gasteiger partial charge in [0.15, 0.2) is 0 Å². The highest BCUT2D eigenvalue weighted by Gasteiger charge is 2.20. The first-order chi connectivity index (χ1) is 12.3. The highest BCUT2D eigenvalue weighted by molar-refractivity contribution is 7.07. The Morgan fingerprint density at radius 2 is 2.08 bits per heavy atom.